The lowest BCUT2D eigenvalue weighted by atomic mass is 10.2. The number of phenols is 2. The molecule has 4 N–H and O–H groups in total. The highest BCUT2D eigenvalue weighted by atomic mass is 16.3. The molecule has 0 saturated heterocycles. The zero-order chi connectivity index (χ0) is 15.7. The lowest BCUT2D eigenvalue weighted by Crippen LogP contribution is -2.24. The Morgan fingerprint density at radius 2 is 1.76 bits per heavy atom. The first-order chi connectivity index (χ1) is 9.99. The van der Waals surface area contributed by atoms with Gasteiger partial charge < -0.3 is 20.8 Å². The topological polar surface area (TPSA) is 98.7 Å². The lowest BCUT2D eigenvalue weighted by molar-refractivity contribution is -0.119. The second-order valence-corrected chi connectivity index (χ2v) is 4.56. The summed E-state index contributed by atoms with van der Waals surface area (Å²) in [5, 5.41) is 23.9. The van der Waals surface area contributed by atoms with E-state index in [4.69, 9.17) is 5.11 Å². The van der Waals surface area contributed by atoms with E-state index in [9.17, 15) is 14.7 Å². The van der Waals surface area contributed by atoms with Crippen molar-refractivity contribution in [3.05, 3.63) is 29.8 Å². The van der Waals surface area contributed by atoms with Gasteiger partial charge in [0.1, 0.15) is 0 Å². The summed E-state index contributed by atoms with van der Waals surface area (Å²) in [7, 11) is 0. The third-order valence-electron chi connectivity index (χ3n) is 2.70. The van der Waals surface area contributed by atoms with E-state index in [-0.39, 0.29) is 23.3 Å². The molecule has 0 aromatic heterocycles. The first-order valence-corrected chi connectivity index (χ1v) is 6.71. The molecule has 6 heteroatoms. The predicted molar refractivity (Wildman–Crippen MR) is 79.7 cm³/mol. The number of phenolic OH excluding ortho intramolecular Hbond substituents is 2. The average molecular weight is 292 g/mol. The van der Waals surface area contributed by atoms with E-state index in [0.29, 0.717) is 18.7 Å². The van der Waals surface area contributed by atoms with Gasteiger partial charge >= 0.3 is 0 Å². The Kier molecular flexibility index (Phi) is 6.80. The van der Waals surface area contributed by atoms with Crippen molar-refractivity contribution in [1.82, 2.24) is 10.6 Å². The summed E-state index contributed by atoms with van der Waals surface area (Å²) in [6, 6.07) is 4.31. The third kappa shape index (κ3) is 7.00. The van der Waals surface area contributed by atoms with Gasteiger partial charge in [-0.2, -0.15) is 0 Å². The molecule has 1 rings (SSSR count). The number of carbonyl (C=O) groups is 2. The van der Waals surface area contributed by atoms with Crippen LogP contribution in [0.1, 0.15) is 25.3 Å². The molecular formula is C15H20N2O4. The molecule has 1 aromatic carbocycles. The maximum Gasteiger partial charge on any atom is 0.243 e. The number of unbranched alkanes of at least 4 members (excludes halogenated alkanes) is 1. The molecular weight excluding hydrogens is 272 g/mol. The number of benzene rings is 1. The maximum absolute atomic E-state index is 11.5. The third-order valence-corrected chi connectivity index (χ3v) is 2.70. The van der Waals surface area contributed by atoms with E-state index in [1.54, 1.807) is 12.1 Å². The van der Waals surface area contributed by atoms with E-state index in [1.165, 1.54) is 25.1 Å². The fourth-order valence-corrected chi connectivity index (χ4v) is 1.60. The van der Waals surface area contributed by atoms with E-state index in [1.807, 2.05) is 0 Å². The van der Waals surface area contributed by atoms with Gasteiger partial charge in [-0.25, -0.2) is 0 Å². The molecule has 0 aliphatic rings. The number of hydrogen-bond acceptors (Lipinski definition) is 4. The molecule has 2 amide bonds. The molecule has 0 atom stereocenters. The van der Waals surface area contributed by atoms with Gasteiger partial charge in [-0.05, 0) is 36.6 Å². The van der Waals surface area contributed by atoms with Crippen LogP contribution in [0, 0.1) is 0 Å². The highest BCUT2D eigenvalue weighted by molar-refractivity contribution is 5.91. The average Bonchev–Trinajstić information content (AvgIpc) is 2.43. The largest absolute Gasteiger partial charge is 0.504 e. The SMILES string of the molecule is CC(=O)NCCCCNC(=O)/C=C/c1ccc(O)c(O)c1. The molecule has 0 radical (unpaired) electrons. The summed E-state index contributed by atoms with van der Waals surface area (Å²) in [4.78, 5) is 22.2. The summed E-state index contributed by atoms with van der Waals surface area (Å²) < 4.78 is 0. The number of carbonyl (C=O) groups excluding carboxylic acids is 2. The fourth-order valence-electron chi connectivity index (χ4n) is 1.60. The molecule has 0 unspecified atom stereocenters. The Balaban J connectivity index is 2.25. The number of hydrogen-bond donors (Lipinski definition) is 4. The monoisotopic (exact) mass is 292 g/mol. The quantitative estimate of drug-likeness (QED) is 0.344. The van der Waals surface area contributed by atoms with Crippen molar-refractivity contribution in [2.45, 2.75) is 19.8 Å². The zero-order valence-corrected chi connectivity index (χ0v) is 11.9. The Bertz CT molecular complexity index is 526. The molecule has 0 spiro atoms. The van der Waals surface area contributed by atoms with Crippen LogP contribution in [-0.4, -0.2) is 35.1 Å². The number of amides is 2. The van der Waals surface area contributed by atoms with Gasteiger partial charge in [-0.15, -0.1) is 0 Å². The van der Waals surface area contributed by atoms with E-state index >= 15 is 0 Å². The second kappa shape index (κ2) is 8.63. The van der Waals surface area contributed by atoms with Crippen LogP contribution in [0.15, 0.2) is 24.3 Å². The van der Waals surface area contributed by atoms with Crippen LogP contribution < -0.4 is 10.6 Å². The van der Waals surface area contributed by atoms with Gasteiger partial charge in [0.15, 0.2) is 11.5 Å². The van der Waals surface area contributed by atoms with Crippen LogP contribution in [0.5, 0.6) is 11.5 Å². The predicted octanol–water partition coefficient (Wildman–Crippen LogP) is 1.14. The summed E-state index contributed by atoms with van der Waals surface area (Å²) in [6.45, 7) is 2.60. The minimum absolute atomic E-state index is 0.0564. The molecule has 0 aliphatic heterocycles. The van der Waals surface area contributed by atoms with Gasteiger partial charge in [0, 0.05) is 26.1 Å². The van der Waals surface area contributed by atoms with E-state index in [0.717, 1.165) is 12.8 Å². The van der Waals surface area contributed by atoms with Crippen LogP contribution >= 0.6 is 0 Å². The summed E-state index contributed by atoms with van der Waals surface area (Å²) in [5.74, 6) is -0.715. The van der Waals surface area contributed by atoms with Crippen molar-refractivity contribution in [3.8, 4) is 11.5 Å². The molecule has 0 saturated carbocycles. The molecule has 21 heavy (non-hydrogen) atoms. The van der Waals surface area contributed by atoms with Crippen molar-refractivity contribution in [2.24, 2.45) is 0 Å². The minimum Gasteiger partial charge on any atom is -0.504 e. The van der Waals surface area contributed by atoms with Gasteiger partial charge in [0.05, 0.1) is 0 Å². The first-order valence-electron chi connectivity index (χ1n) is 6.71. The maximum atomic E-state index is 11.5. The smallest absolute Gasteiger partial charge is 0.243 e. The lowest BCUT2D eigenvalue weighted by Gasteiger charge is -2.03. The van der Waals surface area contributed by atoms with E-state index in [2.05, 4.69) is 10.6 Å². The molecule has 0 aliphatic carbocycles. The van der Waals surface area contributed by atoms with Crippen molar-refractivity contribution >= 4 is 17.9 Å². The molecule has 0 fully saturated rings. The zero-order valence-electron chi connectivity index (χ0n) is 11.9. The summed E-state index contributed by atoms with van der Waals surface area (Å²) in [6.07, 6.45) is 4.49. The van der Waals surface area contributed by atoms with Crippen molar-refractivity contribution in [2.75, 3.05) is 13.1 Å². The second-order valence-electron chi connectivity index (χ2n) is 4.56. The molecule has 6 nitrogen and oxygen atoms in total. The Morgan fingerprint density at radius 1 is 1.10 bits per heavy atom. The van der Waals surface area contributed by atoms with Crippen LogP contribution in [0.4, 0.5) is 0 Å². The fraction of sp³-hybridized carbons (Fsp3) is 0.333. The molecule has 1 aromatic rings. The Hall–Kier alpha value is -2.50. The van der Waals surface area contributed by atoms with Gasteiger partial charge in [0.25, 0.3) is 0 Å². The van der Waals surface area contributed by atoms with Crippen LogP contribution in [0.25, 0.3) is 6.08 Å². The molecule has 0 heterocycles. The number of rotatable bonds is 7. The van der Waals surface area contributed by atoms with Gasteiger partial charge in [0.2, 0.25) is 11.8 Å². The van der Waals surface area contributed by atoms with Crippen molar-refractivity contribution < 1.29 is 19.8 Å². The Labute approximate surface area is 123 Å². The van der Waals surface area contributed by atoms with Crippen molar-refractivity contribution in [1.29, 1.82) is 0 Å². The van der Waals surface area contributed by atoms with Crippen LogP contribution in [0.2, 0.25) is 0 Å². The van der Waals surface area contributed by atoms with Crippen LogP contribution in [0.3, 0.4) is 0 Å². The summed E-state index contributed by atoms with van der Waals surface area (Å²) >= 11 is 0. The highest BCUT2D eigenvalue weighted by Gasteiger charge is 1.99. The van der Waals surface area contributed by atoms with Gasteiger partial charge in [-0.3, -0.25) is 9.59 Å². The van der Waals surface area contributed by atoms with Crippen LogP contribution in [-0.2, 0) is 9.59 Å². The number of nitrogens with one attached hydrogen (secondary N) is 2. The van der Waals surface area contributed by atoms with Gasteiger partial charge in [-0.1, -0.05) is 6.07 Å². The molecule has 0 bridgehead atoms. The first kappa shape index (κ1) is 16.6. The number of aromatic hydroxyl groups is 2. The Morgan fingerprint density at radius 3 is 2.38 bits per heavy atom. The van der Waals surface area contributed by atoms with E-state index < -0.39 is 0 Å². The highest BCUT2D eigenvalue weighted by Crippen LogP contribution is 2.25. The standard InChI is InChI=1S/C15H20N2O4/c1-11(18)16-8-2-3-9-17-15(21)7-5-12-4-6-13(19)14(20)10-12/h4-7,10,19-20H,2-3,8-9H2,1H3,(H,16,18)(H,17,21)/b7-5+. The normalized spacial score (nSPS) is 10.5. The minimum atomic E-state index is -0.234. The summed E-state index contributed by atoms with van der Waals surface area (Å²) in [5.41, 5.74) is 0.617. The van der Waals surface area contributed by atoms with Crippen molar-refractivity contribution in [3.63, 3.8) is 0 Å². The molecule has 114 valence electrons.